The van der Waals surface area contributed by atoms with E-state index in [9.17, 15) is 0 Å². The summed E-state index contributed by atoms with van der Waals surface area (Å²) in [7, 11) is 0. The Morgan fingerprint density at radius 3 is 2.17 bits per heavy atom. The second kappa shape index (κ2) is 8.30. The molecular formula is C23H28O. The number of rotatable bonds is 7. The predicted molar refractivity (Wildman–Crippen MR) is 101 cm³/mol. The molecule has 0 aliphatic carbocycles. The molecule has 2 aromatic carbocycles. The van der Waals surface area contributed by atoms with Gasteiger partial charge in [-0.15, -0.1) is 0 Å². The molecular weight excluding hydrogens is 292 g/mol. The average Bonchev–Trinajstić information content (AvgIpc) is 3.09. The number of ether oxygens (including phenoxy) is 1. The van der Waals surface area contributed by atoms with Crippen LogP contribution in [0.4, 0.5) is 0 Å². The third kappa shape index (κ3) is 3.79. The molecule has 2 aromatic rings. The van der Waals surface area contributed by atoms with Gasteiger partial charge in [0, 0.05) is 5.41 Å². The van der Waals surface area contributed by atoms with Crippen molar-refractivity contribution in [3.05, 3.63) is 83.9 Å². The lowest BCUT2D eigenvalue weighted by Crippen LogP contribution is -2.28. The Hall–Kier alpha value is -1.86. The molecule has 0 bridgehead atoms. The van der Waals surface area contributed by atoms with Crippen LogP contribution in [-0.2, 0) is 10.2 Å². The lowest BCUT2D eigenvalue weighted by Gasteiger charge is -2.29. The molecule has 0 spiro atoms. The van der Waals surface area contributed by atoms with Gasteiger partial charge in [-0.05, 0) is 30.4 Å². The van der Waals surface area contributed by atoms with Crippen molar-refractivity contribution in [2.45, 2.75) is 50.5 Å². The highest BCUT2D eigenvalue weighted by atomic mass is 16.5. The Labute approximate surface area is 146 Å². The molecule has 1 unspecified atom stereocenters. The van der Waals surface area contributed by atoms with Crippen LogP contribution < -0.4 is 0 Å². The van der Waals surface area contributed by atoms with Crippen molar-refractivity contribution in [2.24, 2.45) is 0 Å². The van der Waals surface area contributed by atoms with E-state index in [-0.39, 0.29) is 11.5 Å². The first-order valence-electron chi connectivity index (χ1n) is 9.24. The molecule has 0 amide bonds. The normalized spacial score (nSPS) is 19.8. The highest BCUT2D eigenvalue weighted by Crippen LogP contribution is 2.42. The Morgan fingerprint density at radius 1 is 0.958 bits per heavy atom. The molecule has 1 nitrogen and oxygen atoms in total. The highest BCUT2D eigenvalue weighted by molar-refractivity contribution is 5.41. The summed E-state index contributed by atoms with van der Waals surface area (Å²) in [5.41, 5.74) is 2.69. The number of hydrogen-bond donors (Lipinski definition) is 0. The van der Waals surface area contributed by atoms with Crippen LogP contribution in [0.5, 0.6) is 0 Å². The Morgan fingerprint density at radius 2 is 1.58 bits per heavy atom. The van der Waals surface area contributed by atoms with Gasteiger partial charge in [0.05, 0.1) is 12.7 Å². The van der Waals surface area contributed by atoms with Gasteiger partial charge in [-0.2, -0.15) is 0 Å². The quantitative estimate of drug-likeness (QED) is 0.456. The summed E-state index contributed by atoms with van der Waals surface area (Å²) in [5, 5.41) is 0. The maximum absolute atomic E-state index is 6.20. The number of allylic oxidation sites excluding steroid dienone is 1. The highest BCUT2D eigenvalue weighted by Gasteiger charge is 2.42. The monoisotopic (exact) mass is 320 g/mol. The standard InChI is InChI=1S/C23H28O/c1-2-3-4-5-12-17-22-18-23(19-24-22,20-13-8-6-9-14-20)21-15-10-7-11-16-21/h6-17,22H,2-5,18-19H2,1H3/b17-12+. The molecule has 0 saturated carbocycles. The van der Waals surface area contributed by atoms with E-state index in [1.54, 1.807) is 0 Å². The molecule has 1 heterocycles. The van der Waals surface area contributed by atoms with E-state index in [4.69, 9.17) is 4.74 Å². The van der Waals surface area contributed by atoms with Crippen LogP contribution in [0.1, 0.15) is 50.2 Å². The van der Waals surface area contributed by atoms with Crippen LogP contribution in [0.3, 0.4) is 0 Å². The third-order valence-corrected chi connectivity index (χ3v) is 5.07. The van der Waals surface area contributed by atoms with E-state index in [0.29, 0.717) is 0 Å². The van der Waals surface area contributed by atoms with E-state index in [2.05, 4.69) is 79.7 Å². The van der Waals surface area contributed by atoms with Gasteiger partial charge in [0.25, 0.3) is 0 Å². The minimum absolute atomic E-state index is 0.0268. The zero-order valence-electron chi connectivity index (χ0n) is 14.7. The Bertz CT molecular complexity index is 590. The number of unbranched alkanes of at least 4 members (excludes halogenated alkanes) is 3. The smallest absolute Gasteiger partial charge is 0.0769 e. The molecule has 1 atom stereocenters. The van der Waals surface area contributed by atoms with Gasteiger partial charge in [-0.25, -0.2) is 0 Å². The van der Waals surface area contributed by atoms with Crippen molar-refractivity contribution in [3.8, 4) is 0 Å². The summed E-state index contributed by atoms with van der Waals surface area (Å²) in [4.78, 5) is 0. The first-order chi connectivity index (χ1) is 11.8. The lowest BCUT2D eigenvalue weighted by atomic mass is 9.73. The summed E-state index contributed by atoms with van der Waals surface area (Å²) in [6.45, 7) is 3.00. The molecule has 24 heavy (non-hydrogen) atoms. The fraction of sp³-hybridized carbons (Fsp3) is 0.391. The van der Waals surface area contributed by atoms with Gasteiger partial charge >= 0.3 is 0 Å². The summed E-state index contributed by atoms with van der Waals surface area (Å²) < 4.78 is 6.20. The van der Waals surface area contributed by atoms with E-state index >= 15 is 0 Å². The molecule has 1 aliphatic rings. The molecule has 1 heteroatoms. The van der Waals surface area contributed by atoms with Crippen LogP contribution >= 0.6 is 0 Å². The summed E-state index contributed by atoms with van der Waals surface area (Å²) >= 11 is 0. The zero-order chi connectivity index (χ0) is 16.7. The number of benzene rings is 2. The summed E-state index contributed by atoms with van der Waals surface area (Å²) in [6, 6.07) is 21.7. The Balaban J connectivity index is 1.79. The van der Waals surface area contributed by atoms with Crippen LogP contribution in [0.15, 0.2) is 72.8 Å². The maximum Gasteiger partial charge on any atom is 0.0769 e. The van der Waals surface area contributed by atoms with Gasteiger partial charge in [0.2, 0.25) is 0 Å². The van der Waals surface area contributed by atoms with Crippen LogP contribution in [-0.4, -0.2) is 12.7 Å². The van der Waals surface area contributed by atoms with Gasteiger partial charge in [0.15, 0.2) is 0 Å². The van der Waals surface area contributed by atoms with Gasteiger partial charge < -0.3 is 4.74 Å². The largest absolute Gasteiger partial charge is 0.373 e. The second-order valence-corrected chi connectivity index (χ2v) is 6.79. The van der Waals surface area contributed by atoms with E-state index in [0.717, 1.165) is 19.4 Å². The summed E-state index contributed by atoms with van der Waals surface area (Å²) in [5.74, 6) is 0. The molecule has 3 rings (SSSR count). The summed E-state index contributed by atoms with van der Waals surface area (Å²) in [6.07, 6.45) is 10.9. The lowest BCUT2D eigenvalue weighted by molar-refractivity contribution is 0.137. The topological polar surface area (TPSA) is 9.23 Å². The molecule has 1 aliphatic heterocycles. The predicted octanol–water partition coefficient (Wildman–Crippen LogP) is 5.90. The van der Waals surface area contributed by atoms with Crippen molar-refractivity contribution < 1.29 is 4.74 Å². The van der Waals surface area contributed by atoms with Crippen LogP contribution in [0.25, 0.3) is 0 Å². The minimum atomic E-state index is -0.0268. The molecule has 1 saturated heterocycles. The van der Waals surface area contributed by atoms with Crippen LogP contribution in [0, 0.1) is 0 Å². The van der Waals surface area contributed by atoms with Crippen molar-refractivity contribution >= 4 is 0 Å². The third-order valence-electron chi connectivity index (χ3n) is 5.07. The number of hydrogen-bond acceptors (Lipinski definition) is 1. The molecule has 0 aromatic heterocycles. The second-order valence-electron chi connectivity index (χ2n) is 6.79. The van der Waals surface area contributed by atoms with Gasteiger partial charge in [-0.1, -0.05) is 92.6 Å². The Kier molecular flexibility index (Phi) is 5.87. The SMILES string of the molecule is CCCCC/C=C/C1CC(c2ccccc2)(c2ccccc2)CO1. The van der Waals surface area contributed by atoms with Crippen molar-refractivity contribution in [2.75, 3.05) is 6.61 Å². The van der Waals surface area contributed by atoms with Crippen LogP contribution in [0.2, 0.25) is 0 Å². The minimum Gasteiger partial charge on any atom is -0.373 e. The zero-order valence-corrected chi connectivity index (χ0v) is 14.7. The fourth-order valence-electron chi connectivity index (χ4n) is 3.68. The fourth-order valence-corrected chi connectivity index (χ4v) is 3.68. The van der Waals surface area contributed by atoms with Crippen molar-refractivity contribution in [3.63, 3.8) is 0 Å². The first kappa shape index (κ1) is 17.0. The molecule has 1 fully saturated rings. The molecule has 0 radical (unpaired) electrons. The average molecular weight is 320 g/mol. The van der Waals surface area contributed by atoms with Crippen molar-refractivity contribution in [1.82, 2.24) is 0 Å². The van der Waals surface area contributed by atoms with E-state index in [1.807, 2.05) is 0 Å². The van der Waals surface area contributed by atoms with E-state index in [1.165, 1.54) is 30.4 Å². The van der Waals surface area contributed by atoms with Gasteiger partial charge in [0.1, 0.15) is 0 Å². The van der Waals surface area contributed by atoms with E-state index < -0.39 is 0 Å². The maximum atomic E-state index is 6.20. The molecule has 0 N–H and O–H groups in total. The molecule has 126 valence electrons. The van der Waals surface area contributed by atoms with Crippen molar-refractivity contribution in [1.29, 1.82) is 0 Å². The first-order valence-corrected chi connectivity index (χ1v) is 9.24. The van der Waals surface area contributed by atoms with Gasteiger partial charge in [-0.3, -0.25) is 0 Å².